The molecule has 1 heterocycles. The molecule has 1 aromatic heterocycles. The highest BCUT2D eigenvalue weighted by atomic mass is 79.9. The number of hydrogen-bond acceptors (Lipinski definition) is 2. The largest absolute Gasteiger partial charge is 0.365 e. The lowest BCUT2D eigenvalue weighted by molar-refractivity contribution is 0.606. The van der Waals surface area contributed by atoms with Crippen molar-refractivity contribution in [2.24, 2.45) is 0 Å². The van der Waals surface area contributed by atoms with E-state index in [9.17, 15) is 4.39 Å². The first-order chi connectivity index (χ1) is 5.88. The van der Waals surface area contributed by atoms with Crippen LogP contribution in [0.5, 0.6) is 0 Å². The van der Waals surface area contributed by atoms with Gasteiger partial charge in [-0.05, 0) is 48.8 Å². The van der Waals surface area contributed by atoms with Gasteiger partial charge in [-0.15, -0.1) is 0 Å². The topological polar surface area (TPSA) is 24.9 Å². The van der Waals surface area contributed by atoms with Gasteiger partial charge in [-0.3, -0.25) is 0 Å². The molecule has 0 unspecified atom stereocenters. The quantitative estimate of drug-likeness (QED) is 0.771. The van der Waals surface area contributed by atoms with Crippen molar-refractivity contribution in [2.75, 3.05) is 5.32 Å². The standard InChI is InChI=1S/C9H12BrFN2/c1-9(2,3)13-7-5-4-6(11)8(10)12-7/h4-5H,1-3H3,(H,12,13). The van der Waals surface area contributed by atoms with Gasteiger partial charge in [0.25, 0.3) is 0 Å². The number of hydrogen-bond donors (Lipinski definition) is 1. The van der Waals surface area contributed by atoms with Crippen molar-refractivity contribution in [3.8, 4) is 0 Å². The summed E-state index contributed by atoms with van der Waals surface area (Å²) in [5, 5.41) is 3.14. The third kappa shape index (κ3) is 3.30. The first-order valence-corrected chi connectivity index (χ1v) is 4.78. The average molecular weight is 247 g/mol. The van der Waals surface area contributed by atoms with E-state index in [0.29, 0.717) is 5.82 Å². The molecule has 0 atom stereocenters. The summed E-state index contributed by atoms with van der Waals surface area (Å²) in [4.78, 5) is 3.99. The fourth-order valence-corrected chi connectivity index (χ4v) is 1.19. The molecule has 0 aromatic carbocycles. The van der Waals surface area contributed by atoms with Gasteiger partial charge in [0.15, 0.2) is 5.82 Å². The summed E-state index contributed by atoms with van der Waals surface area (Å²) in [5.41, 5.74) is -0.0652. The van der Waals surface area contributed by atoms with Gasteiger partial charge in [-0.25, -0.2) is 9.37 Å². The second kappa shape index (κ2) is 3.62. The lowest BCUT2D eigenvalue weighted by atomic mass is 10.1. The summed E-state index contributed by atoms with van der Waals surface area (Å²) in [6.07, 6.45) is 0. The summed E-state index contributed by atoms with van der Waals surface area (Å²) < 4.78 is 13.0. The highest BCUT2D eigenvalue weighted by molar-refractivity contribution is 9.10. The summed E-state index contributed by atoms with van der Waals surface area (Å²) in [6, 6.07) is 3.00. The fraction of sp³-hybridized carbons (Fsp3) is 0.444. The highest BCUT2D eigenvalue weighted by Gasteiger charge is 2.10. The van der Waals surface area contributed by atoms with Crippen LogP contribution in [0.15, 0.2) is 16.7 Å². The van der Waals surface area contributed by atoms with Gasteiger partial charge in [0.05, 0.1) is 0 Å². The number of anilines is 1. The Labute approximate surface area is 85.7 Å². The van der Waals surface area contributed by atoms with Crippen LogP contribution in [-0.2, 0) is 0 Å². The molecule has 13 heavy (non-hydrogen) atoms. The van der Waals surface area contributed by atoms with Gasteiger partial charge in [0, 0.05) is 5.54 Å². The zero-order valence-corrected chi connectivity index (χ0v) is 9.44. The molecule has 0 amide bonds. The molecule has 0 fully saturated rings. The van der Waals surface area contributed by atoms with Gasteiger partial charge < -0.3 is 5.32 Å². The molecule has 2 nitrogen and oxygen atoms in total. The normalized spacial score (nSPS) is 11.5. The zero-order valence-electron chi connectivity index (χ0n) is 7.86. The molecular weight excluding hydrogens is 235 g/mol. The molecule has 0 saturated heterocycles. The second-order valence-corrected chi connectivity index (χ2v) is 4.60. The third-order valence-electron chi connectivity index (χ3n) is 1.31. The third-order valence-corrected chi connectivity index (χ3v) is 1.86. The van der Waals surface area contributed by atoms with E-state index in [1.807, 2.05) is 20.8 Å². The number of pyridine rings is 1. The molecule has 72 valence electrons. The van der Waals surface area contributed by atoms with Crippen LogP contribution in [0.2, 0.25) is 0 Å². The predicted octanol–water partition coefficient (Wildman–Crippen LogP) is 3.19. The van der Waals surface area contributed by atoms with Crippen molar-refractivity contribution in [3.05, 3.63) is 22.6 Å². The van der Waals surface area contributed by atoms with Crippen LogP contribution < -0.4 is 5.32 Å². The lowest BCUT2D eigenvalue weighted by Gasteiger charge is -2.21. The lowest BCUT2D eigenvalue weighted by Crippen LogP contribution is -2.26. The molecule has 0 aliphatic heterocycles. The molecule has 1 aromatic rings. The minimum absolute atomic E-state index is 0.0652. The fourth-order valence-electron chi connectivity index (χ4n) is 0.871. The maximum atomic E-state index is 12.8. The van der Waals surface area contributed by atoms with Crippen molar-refractivity contribution in [1.29, 1.82) is 0 Å². The summed E-state index contributed by atoms with van der Waals surface area (Å²) in [5.74, 6) is 0.320. The van der Waals surface area contributed by atoms with Crippen LogP contribution in [-0.4, -0.2) is 10.5 Å². The molecule has 0 bridgehead atoms. The Morgan fingerprint density at radius 1 is 1.38 bits per heavy atom. The number of halogens is 2. The second-order valence-electron chi connectivity index (χ2n) is 3.84. The van der Waals surface area contributed by atoms with Gasteiger partial charge in [0.1, 0.15) is 10.4 Å². The molecule has 0 spiro atoms. The maximum absolute atomic E-state index is 12.8. The molecule has 0 aliphatic carbocycles. The van der Waals surface area contributed by atoms with Crippen molar-refractivity contribution < 1.29 is 4.39 Å². The Balaban J connectivity index is 2.86. The minimum atomic E-state index is -0.348. The van der Waals surface area contributed by atoms with Crippen molar-refractivity contribution in [2.45, 2.75) is 26.3 Å². The summed E-state index contributed by atoms with van der Waals surface area (Å²) >= 11 is 3.03. The van der Waals surface area contributed by atoms with Crippen LogP contribution in [0, 0.1) is 5.82 Å². The number of nitrogens with one attached hydrogen (secondary N) is 1. The van der Waals surface area contributed by atoms with Gasteiger partial charge in [-0.2, -0.15) is 0 Å². The van der Waals surface area contributed by atoms with E-state index in [0.717, 1.165) is 0 Å². The predicted molar refractivity (Wildman–Crippen MR) is 55.3 cm³/mol. The number of rotatable bonds is 1. The van der Waals surface area contributed by atoms with E-state index in [-0.39, 0.29) is 16.0 Å². The van der Waals surface area contributed by atoms with Crippen LogP contribution in [0.1, 0.15) is 20.8 Å². The monoisotopic (exact) mass is 246 g/mol. The van der Waals surface area contributed by atoms with E-state index in [1.54, 1.807) is 6.07 Å². The van der Waals surface area contributed by atoms with Crippen LogP contribution in [0.3, 0.4) is 0 Å². The van der Waals surface area contributed by atoms with Crippen LogP contribution >= 0.6 is 15.9 Å². The van der Waals surface area contributed by atoms with Gasteiger partial charge in [-0.1, -0.05) is 0 Å². The SMILES string of the molecule is CC(C)(C)Nc1ccc(F)c(Br)n1. The molecule has 4 heteroatoms. The van der Waals surface area contributed by atoms with Crippen LogP contribution in [0.25, 0.3) is 0 Å². The molecule has 1 N–H and O–H groups in total. The summed E-state index contributed by atoms with van der Waals surface area (Å²) in [7, 11) is 0. The Morgan fingerprint density at radius 3 is 2.46 bits per heavy atom. The molecule has 0 radical (unpaired) electrons. The number of aromatic nitrogens is 1. The Morgan fingerprint density at radius 2 is 2.00 bits per heavy atom. The molecule has 1 rings (SSSR count). The molecule has 0 saturated carbocycles. The van der Waals surface area contributed by atoms with E-state index < -0.39 is 0 Å². The van der Waals surface area contributed by atoms with Crippen LogP contribution in [0.4, 0.5) is 10.2 Å². The van der Waals surface area contributed by atoms with Crippen molar-refractivity contribution in [3.63, 3.8) is 0 Å². The van der Waals surface area contributed by atoms with E-state index in [4.69, 9.17) is 0 Å². The van der Waals surface area contributed by atoms with E-state index in [1.165, 1.54) is 6.07 Å². The van der Waals surface area contributed by atoms with Crippen molar-refractivity contribution in [1.82, 2.24) is 4.98 Å². The highest BCUT2D eigenvalue weighted by Crippen LogP contribution is 2.17. The summed E-state index contributed by atoms with van der Waals surface area (Å²) in [6.45, 7) is 6.06. The van der Waals surface area contributed by atoms with Gasteiger partial charge in [0.2, 0.25) is 0 Å². The first kappa shape index (κ1) is 10.4. The molecular formula is C9H12BrFN2. The Kier molecular flexibility index (Phi) is 2.91. The first-order valence-electron chi connectivity index (χ1n) is 3.99. The minimum Gasteiger partial charge on any atom is -0.365 e. The average Bonchev–Trinajstić information content (AvgIpc) is 1.94. The maximum Gasteiger partial charge on any atom is 0.156 e. The smallest absolute Gasteiger partial charge is 0.156 e. The zero-order chi connectivity index (χ0) is 10.1. The van der Waals surface area contributed by atoms with Gasteiger partial charge >= 0.3 is 0 Å². The Bertz CT molecular complexity index is 307. The Hall–Kier alpha value is -0.640. The van der Waals surface area contributed by atoms with E-state index >= 15 is 0 Å². The number of nitrogens with zero attached hydrogens (tertiary/aromatic N) is 1. The van der Waals surface area contributed by atoms with E-state index in [2.05, 4.69) is 26.2 Å². The van der Waals surface area contributed by atoms with Crippen molar-refractivity contribution >= 4 is 21.7 Å². The molecule has 0 aliphatic rings.